The Balaban J connectivity index is 1.48. The Kier molecular flexibility index (Phi) is 8.31. The number of rotatable bonds is 8. The SMILES string of the molecule is CC(C(=O)N(C)CCN(C)C)C1CCC2(C)Cc3sc(CSc4ccccc4)nc3C(C)C2C1O. The van der Waals surface area contributed by atoms with E-state index in [2.05, 4.69) is 43.0 Å². The number of hydrogen-bond donors (Lipinski definition) is 1. The molecule has 0 spiro atoms. The second-order valence-electron chi connectivity index (χ2n) is 11.2. The minimum atomic E-state index is -0.484. The molecular weight excluding hydrogens is 474 g/mol. The van der Waals surface area contributed by atoms with Gasteiger partial charge in [-0.3, -0.25) is 4.79 Å². The summed E-state index contributed by atoms with van der Waals surface area (Å²) in [6, 6.07) is 10.5. The van der Waals surface area contributed by atoms with Crippen molar-refractivity contribution in [3.63, 3.8) is 0 Å². The third kappa shape index (κ3) is 5.63. The van der Waals surface area contributed by atoms with E-state index in [1.54, 1.807) is 0 Å². The minimum absolute atomic E-state index is 0.00174. The number of aliphatic hydroxyl groups is 1. The molecule has 1 saturated carbocycles. The van der Waals surface area contributed by atoms with Gasteiger partial charge in [-0.25, -0.2) is 4.98 Å². The highest BCUT2D eigenvalue weighted by atomic mass is 32.2. The number of nitrogens with zero attached hydrogens (tertiary/aromatic N) is 3. The van der Waals surface area contributed by atoms with Crippen molar-refractivity contribution in [2.24, 2.45) is 23.2 Å². The number of fused-ring (bicyclic) bond motifs is 2. The summed E-state index contributed by atoms with van der Waals surface area (Å²) in [6.07, 6.45) is 2.45. The van der Waals surface area contributed by atoms with Crippen molar-refractivity contribution in [1.82, 2.24) is 14.8 Å². The molecule has 6 unspecified atom stereocenters. The highest BCUT2D eigenvalue weighted by molar-refractivity contribution is 7.98. The van der Waals surface area contributed by atoms with E-state index < -0.39 is 6.10 Å². The molecule has 2 aliphatic carbocycles. The number of aliphatic hydroxyl groups excluding tert-OH is 1. The monoisotopic (exact) mass is 515 g/mol. The molecular formula is C28H41N3O2S2. The van der Waals surface area contributed by atoms with Gasteiger partial charge in [-0.1, -0.05) is 39.0 Å². The molecule has 1 fully saturated rings. The Bertz CT molecular complexity index is 1010. The smallest absolute Gasteiger partial charge is 0.225 e. The van der Waals surface area contributed by atoms with E-state index in [1.165, 1.54) is 20.5 Å². The average Bonchev–Trinajstić information content (AvgIpc) is 3.23. The molecule has 7 heteroatoms. The molecule has 5 nitrogen and oxygen atoms in total. The molecule has 2 aliphatic rings. The van der Waals surface area contributed by atoms with Gasteiger partial charge in [0.25, 0.3) is 0 Å². The van der Waals surface area contributed by atoms with E-state index in [0.717, 1.165) is 31.6 Å². The van der Waals surface area contributed by atoms with Crippen LogP contribution in [0.4, 0.5) is 0 Å². The zero-order valence-corrected chi connectivity index (χ0v) is 23.7. The lowest BCUT2D eigenvalue weighted by atomic mass is 9.53. The normalized spacial score (nSPS) is 28.9. The second-order valence-corrected chi connectivity index (χ2v) is 13.4. The largest absolute Gasteiger partial charge is 0.392 e. The Morgan fingerprint density at radius 3 is 2.66 bits per heavy atom. The number of carbonyl (C=O) groups is 1. The summed E-state index contributed by atoms with van der Waals surface area (Å²) in [4.78, 5) is 24.9. The predicted molar refractivity (Wildman–Crippen MR) is 146 cm³/mol. The molecule has 1 aromatic heterocycles. The van der Waals surface area contributed by atoms with E-state index in [9.17, 15) is 9.90 Å². The highest BCUT2D eigenvalue weighted by Gasteiger charge is 2.54. The Morgan fingerprint density at radius 1 is 1.26 bits per heavy atom. The Labute approximate surface area is 219 Å². The lowest BCUT2D eigenvalue weighted by Gasteiger charge is -2.53. The summed E-state index contributed by atoms with van der Waals surface area (Å²) in [5, 5.41) is 12.9. The van der Waals surface area contributed by atoms with Crippen LogP contribution in [0.5, 0.6) is 0 Å². The maximum Gasteiger partial charge on any atom is 0.225 e. The lowest BCUT2D eigenvalue weighted by Crippen LogP contribution is -2.53. The number of thiazole rings is 1. The van der Waals surface area contributed by atoms with E-state index in [-0.39, 0.29) is 35.0 Å². The maximum atomic E-state index is 13.2. The van der Waals surface area contributed by atoms with Crippen molar-refractivity contribution in [2.45, 2.75) is 62.7 Å². The number of hydrogen-bond acceptors (Lipinski definition) is 6. The molecule has 1 N–H and O–H groups in total. The van der Waals surface area contributed by atoms with Gasteiger partial charge < -0.3 is 14.9 Å². The van der Waals surface area contributed by atoms with Gasteiger partial charge in [0.05, 0.1) is 17.6 Å². The average molecular weight is 516 g/mol. The first-order chi connectivity index (χ1) is 16.6. The maximum absolute atomic E-state index is 13.2. The quantitative estimate of drug-likeness (QED) is 0.493. The minimum Gasteiger partial charge on any atom is -0.392 e. The van der Waals surface area contributed by atoms with Crippen LogP contribution in [0.15, 0.2) is 35.2 Å². The second kappa shape index (κ2) is 10.9. The van der Waals surface area contributed by atoms with Crippen LogP contribution in [0.25, 0.3) is 0 Å². The number of carbonyl (C=O) groups excluding carboxylic acids is 1. The van der Waals surface area contributed by atoms with Gasteiger partial charge in [0, 0.05) is 41.7 Å². The molecule has 1 aromatic carbocycles. The van der Waals surface area contributed by atoms with Crippen LogP contribution in [0.2, 0.25) is 0 Å². The topological polar surface area (TPSA) is 56.7 Å². The third-order valence-electron chi connectivity index (χ3n) is 8.36. The van der Waals surface area contributed by atoms with Gasteiger partial charge in [0.1, 0.15) is 5.01 Å². The number of likely N-dealkylation sites (N-methyl/N-ethyl adjacent to an activating group) is 2. The number of amides is 1. The van der Waals surface area contributed by atoms with Crippen molar-refractivity contribution in [2.75, 3.05) is 34.2 Å². The first kappa shape index (κ1) is 26.6. The van der Waals surface area contributed by atoms with Crippen LogP contribution in [0.1, 0.15) is 55.1 Å². The number of thioether (sulfide) groups is 1. The van der Waals surface area contributed by atoms with Crippen molar-refractivity contribution in [3.05, 3.63) is 45.9 Å². The van der Waals surface area contributed by atoms with Gasteiger partial charge in [-0.2, -0.15) is 0 Å². The molecule has 0 aliphatic heterocycles. The van der Waals surface area contributed by atoms with Gasteiger partial charge in [0.2, 0.25) is 5.91 Å². The molecule has 0 bridgehead atoms. The molecule has 6 atom stereocenters. The Hall–Kier alpha value is -1.41. The summed E-state index contributed by atoms with van der Waals surface area (Å²) < 4.78 is 0. The van der Waals surface area contributed by atoms with E-state index in [4.69, 9.17) is 4.98 Å². The Morgan fingerprint density at radius 2 is 1.97 bits per heavy atom. The summed E-state index contributed by atoms with van der Waals surface area (Å²) >= 11 is 3.69. The molecule has 192 valence electrons. The van der Waals surface area contributed by atoms with Gasteiger partial charge in [0.15, 0.2) is 0 Å². The molecule has 1 heterocycles. The molecule has 4 rings (SSSR count). The van der Waals surface area contributed by atoms with E-state index >= 15 is 0 Å². The van der Waals surface area contributed by atoms with E-state index in [0.29, 0.717) is 6.54 Å². The fourth-order valence-corrected chi connectivity index (χ4v) is 8.59. The van der Waals surface area contributed by atoms with Gasteiger partial charge in [-0.15, -0.1) is 23.1 Å². The lowest BCUT2D eigenvalue weighted by molar-refractivity contribution is -0.143. The predicted octanol–water partition coefficient (Wildman–Crippen LogP) is 5.14. The zero-order chi connectivity index (χ0) is 25.3. The summed E-state index contributed by atoms with van der Waals surface area (Å²) in [7, 11) is 5.94. The molecule has 1 amide bonds. The summed E-state index contributed by atoms with van der Waals surface area (Å²) in [5.74, 6) is 1.18. The first-order valence-electron chi connectivity index (χ1n) is 12.8. The van der Waals surface area contributed by atoms with Crippen molar-refractivity contribution < 1.29 is 9.90 Å². The number of benzene rings is 1. The third-order valence-corrected chi connectivity index (χ3v) is 10.6. The fraction of sp³-hybridized carbons (Fsp3) is 0.643. The van der Waals surface area contributed by atoms with Crippen molar-refractivity contribution in [3.8, 4) is 0 Å². The summed E-state index contributed by atoms with van der Waals surface area (Å²) in [6.45, 7) is 8.17. The number of aromatic nitrogens is 1. The standard InChI is InChI=1S/C28H41N3O2S2/c1-18(27(33)31(6)15-14-30(4)5)21-12-13-28(3)16-22-25(19(2)24(28)26(21)32)29-23(35-22)17-34-20-10-8-7-9-11-20/h7-11,18-19,21,24,26,32H,12-17H2,1-6H3. The van der Waals surface area contributed by atoms with Crippen LogP contribution in [0.3, 0.4) is 0 Å². The highest BCUT2D eigenvalue weighted by Crippen LogP contribution is 2.57. The van der Waals surface area contributed by atoms with Crippen LogP contribution >= 0.6 is 23.1 Å². The van der Waals surface area contributed by atoms with Crippen molar-refractivity contribution >= 4 is 29.0 Å². The van der Waals surface area contributed by atoms with Crippen molar-refractivity contribution in [1.29, 1.82) is 0 Å². The molecule has 35 heavy (non-hydrogen) atoms. The molecule has 2 aromatic rings. The van der Waals surface area contributed by atoms with Crippen LogP contribution < -0.4 is 0 Å². The van der Waals surface area contributed by atoms with Crippen LogP contribution in [0, 0.1) is 23.2 Å². The molecule has 0 saturated heterocycles. The summed E-state index contributed by atoms with van der Waals surface area (Å²) in [5.41, 5.74) is 1.24. The fourth-order valence-electron chi connectivity index (χ4n) is 6.31. The van der Waals surface area contributed by atoms with Gasteiger partial charge >= 0.3 is 0 Å². The zero-order valence-electron chi connectivity index (χ0n) is 22.0. The van der Waals surface area contributed by atoms with Crippen LogP contribution in [-0.4, -0.2) is 66.1 Å². The van der Waals surface area contributed by atoms with E-state index in [1.807, 2.05) is 62.1 Å². The first-order valence-corrected chi connectivity index (χ1v) is 14.6. The van der Waals surface area contributed by atoms with Crippen LogP contribution in [-0.2, 0) is 17.0 Å². The van der Waals surface area contributed by atoms with Gasteiger partial charge in [-0.05, 0) is 62.7 Å². The molecule has 0 radical (unpaired) electrons.